The van der Waals surface area contributed by atoms with Crippen LogP contribution in [0, 0.1) is 0 Å². The van der Waals surface area contributed by atoms with Crippen molar-refractivity contribution in [1.82, 2.24) is 0 Å². The van der Waals surface area contributed by atoms with Gasteiger partial charge in [0.1, 0.15) is 12.2 Å². The summed E-state index contributed by atoms with van der Waals surface area (Å²) < 4.78 is 757. The fraction of sp³-hybridized carbons (Fsp3) is 0.800. The van der Waals surface area contributed by atoms with E-state index in [2.05, 4.69) is 9.47 Å². The molecule has 2 atom stereocenters. The third-order valence-corrected chi connectivity index (χ3v) is 12.6. The number of alkyl halides is 54. The normalized spacial score (nSPS) is 17.1. The first-order valence-electron chi connectivity index (χ1n) is 22.5. The molecule has 0 radical (unpaired) electrons. The minimum Gasteiger partial charge on any atom is -0.459 e. The van der Waals surface area contributed by atoms with Crippen molar-refractivity contribution in [3.05, 3.63) is 35.4 Å². The number of ether oxygens (including phenoxy) is 2. The Labute approximate surface area is 497 Å². The van der Waals surface area contributed by atoms with Crippen LogP contribution in [0.5, 0.6) is 0 Å². The Bertz CT molecular complexity index is 2830. The van der Waals surface area contributed by atoms with Gasteiger partial charge in [0.05, 0.1) is 24.0 Å². The topological polar surface area (TPSA) is 52.6 Å². The molecule has 578 valence electrons. The summed E-state index contributed by atoms with van der Waals surface area (Å²) in [7, 11) is 0. The largest absolute Gasteiger partial charge is 0.460 e. The van der Waals surface area contributed by atoms with Gasteiger partial charge in [-0.3, -0.25) is 0 Å². The van der Waals surface area contributed by atoms with E-state index in [1.54, 1.807) is 0 Å². The van der Waals surface area contributed by atoms with E-state index in [9.17, 15) is 247 Å². The first-order valence-corrected chi connectivity index (χ1v) is 22.5. The molecule has 0 aliphatic heterocycles. The van der Waals surface area contributed by atoms with Crippen LogP contribution < -0.4 is 0 Å². The monoisotopic (exact) mass is 1590 g/mol. The lowest BCUT2D eigenvalue weighted by molar-refractivity contribution is -0.485. The predicted octanol–water partition coefficient (Wildman–Crippen LogP) is 19.9. The van der Waals surface area contributed by atoms with Gasteiger partial charge in [-0.1, -0.05) is 12.1 Å². The molecule has 1 aromatic rings. The molecule has 4 nitrogen and oxygen atoms in total. The minimum atomic E-state index is -10.2. The lowest BCUT2D eigenvalue weighted by Crippen LogP contribution is -2.78. The molecule has 1 rings (SSSR count). The molecule has 0 aliphatic rings. The molecule has 0 saturated carbocycles. The molecule has 0 bridgehead atoms. The molecule has 2 unspecified atom stereocenters. The van der Waals surface area contributed by atoms with E-state index in [-0.39, 0.29) is 24.3 Å². The highest BCUT2D eigenvalue weighted by Crippen LogP contribution is 2.72. The van der Waals surface area contributed by atoms with Crippen LogP contribution in [0.3, 0.4) is 0 Å². The molecule has 0 aliphatic carbocycles. The van der Waals surface area contributed by atoms with Crippen molar-refractivity contribution in [1.29, 1.82) is 0 Å². The lowest BCUT2D eigenvalue weighted by Gasteiger charge is -2.46. The van der Waals surface area contributed by atoms with Crippen molar-refractivity contribution < 1.29 is 256 Å². The highest BCUT2D eigenvalue weighted by atomic mass is 19.5. The standard InChI is InChI=1S/C40H16F54O4/c1-9(7-15(41,42)17(45,46)19(49,50)21(53,54)23(57,58)25(61,62)27(65,66)29(69,70)31(73,74)33(77,78)35(81,82)37(85,86)39(89,90)91)97-13(95)11-5-3-4-6-12(11)14(96)98-10(2)8-16(43,44)18(47,48)20(51,52)22(55,56)24(59,60)26(63,64)28(67,68)30(71,72)32(75,76)34(79,80)36(83,84)38(87,88)40(92,93)94/h3-6,9-10H,7-8H2,1-2H3. The maximum atomic E-state index is 14.7. The Hall–Kier alpha value is -5.62. The van der Waals surface area contributed by atoms with Gasteiger partial charge in [-0.05, 0) is 26.0 Å². The fourth-order valence-electron chi connectivity index (χ4n) is 6.76. The number of carbonyl (C=O) groups is 2. The second-order valence-electron chi connectivity index (χ2n) is 19.4. The van der Waals surface area contributed by atoms with Gasteiger partial charge in [0.15, 0.2) is 0 Å². The average molecular weight is 1590 g/mol. The zero-order valence-electron chi connectivity index (χ0n) is 43.9. The number of carbonyl (C=O) groups excluding carboxylic acids is 2. The number of hydrogen-bond acceptors (Lipinski definition) is 4. The van der Waals surface area contributed by atoms with Crippen molar-refractivity contribution in [3.8, 4) is 0 Å². The van der Waals surface area contributed by atoms with Crippen LogP contribution in [0.2, 0.25) is 0 Å². The molecule has 0 spiro atoms. The predicted molar refractivity (Wildman–Crippen MR) is 196 cm³/mol. The minimum absolute atomic E-state index is 0.172. The number of halogens is 54. The maximum absolute atomic E-state index is 14.7. The Morgan fingerprint density at radius 3 is 0.490 bits per heavy atom. The van der Waals surface area contributed by atoms with E-state index in [0.717, 1.165) is 0 Å². The van der Waals surface area contributed by atoms with Crippen molar-refractivity contribution in [3.63, 3.8) is 0 Å². The van der Waals surface area contributed by atoms with Crippen LogP contribution in [0.15, 0.2) is 24.3 Å². The smallest absolute Gasteiger partial charge is 0.459 e. The van der Waals surface area contributed by atoms with Gasteiger partial charge in [0, 0.05) is 0 Å². The molecule has 1 aromatic carbocycles. The maximum Gasteiger partial charge on any atom is 0.460 e. The highest BCUT2D eigenvalue weighted by molar-refractivity contribution is 6.03. The van der Waals surface area contributed by atoms with Crippen LogP contribution >= 0.6 is 0 Å². The summed E-state index contributed by atoms with van der Waals surface area (Å²) in [6.07, 6.45) is -32.4. The van der Waals surface area contributed by atoms with Crippen LogP contribution in [0.25, 0.3) is 0 Å². The molecule has 0 N–H and O–H groups in total. The van der Waals surface area contributed by atoms with Crippen molar-refractivity contribution in [2.24, 2.45) is 0 Å². The summed E-state index contributed by atoms with van der Waals surface area (Å²) in [6.45, 7) is -1.06. The van der Waals surface area contributed by atoms with Gasteiger partial charge < -0.3 is 9.47 Å². The molecule has 0 amide bonds. The van der Waals surface area contributed by atoms with E-state index in [1.807, 2.05) is 0 Å². The first-order chi connectivity index (χ1) is 41.8. The first kappa shape index (κ1) is 90.4. The van der Waals surface area contributed by atoms with Crippen LogP contribution in [0.4, 0.5) is 237 Å². The molecular formula is C40H16F54O4. The zero-order chi connectivity index (χ0) is 80.1. The summed E-state index contributed by atoms with van der Waals surface area (Å²) in [6, 6.07) is 0.0789. The molecular weight excluding hydrogens is 1570 g/mol. The Morgan fingerprint density at radius 1 is 0.235 bits per heavy atom. The third kappa shape index (κ3) is 11.8. The van der Waals surface area contributed by atoms with Gasteiger partial charge in [0.2, 0.25) is 0 Å². The summed E-state index contributed by atoms with van der Waals surface area (Å²) in [5.41, 5.74) is -4.07. The average Bonchev–Trinajstić information content (AvgIpc) is 0.687. The summed E-state index contributed by atoms with van der Waals surface area (Å²) in [5, 5.41) is 0. The van der Waals surface area contributed by atoms with E-state index in [4.69, 9.17) is 0 Å². The fourth-order valence-corrected chi connectivity index (χ4v) is 6.76. The van der Waals surface area contributed by atoms with Crippen molar-refractivity contribution in [2.75, 3.05) is 0 Å². The second-order valence-corrected chi connectivity index (χ2v) is 19.4. The molecule has 98 heavy (non-hydrogen) atoms. The van der Waals surface area contributed by atoms with Gasteiger partial charge in [-0.25, -0.2) is 9.59 Å². The molecule has 0 saturated heterocycles. The molecule has 58 heteroatoms. The van der Waals surface area contributed by atoms with Gasteiger partial charge in [-0.2, -0.15) is 237 Å². The van der Waals surface area contributed by atoms with E-state index >= 15 is 0 Å². The number of rotatable bonds is 30. The molecule has 0 heterocycles. The molecule has 0 aromatic heterocycles. The van der Waals surface area contributed by atoms with Gasteiger partial charge >= 0.3 is 166 Å². The van der Waals surface area contributed by atoms with Gasteiger partial charge in [0.25, 0.3) is 0 Å². The third-order valence-electron chi connectivity index (χ3n) is 12.6. The second kappa shape index (κ2) is 24.0. The summed E-state index contributed by atoms with van der Waals surface area (Å²) in [4.78, 5) is 25.3. The van der Waals surface area contributed by atoms with Crippen molar-refractivity contribution in [2.45, 2.75) is 193 Å². The number of hydrogen-bond donors (Lipinski definition) is 0. The summed E-state index contributed by atoms with van der Waals surface area (Å²) >= 11 is 0. The van der Waals surface area contributed by atoms with Crippen LogP contribution in [-0.2, 0) is 9.47 Å². The van der Waals surface area contributed by atoms with E-state index in [1.165, 1.54) is 0 Å². The van der Waals surface area contributed by atoms with Gasteiger partial charge in [-0.15, -0.1) is 0 Å². The Balaban J connectivity index is 3.74. The quantitative estimate of drug-likeness (QED) is 0.0569. The Kier molecular flexibility index (Phi) is 22.1. The SMILES string of the molecule is CC(CC(F)(F)C(F)(F)C(F)(F)C(F)(F)C(F)(F)C(F)(F)C(F)(F)C(F)(F)C(F)(F)C(F)(F)C(F)(F)C(F)(F)C(F)(F)F)OC(=O)c1ccccc1C(=O)OC(C)CC(F)(F)C(F)(F)C(F)(F)C(F)(F)C(F)(F)C(F)(F)C(F)(F)C(F)(F)C(F)(F)C(F)(F)C(F)(F)C(F)(F)C(F)(F)F. The lowest BCUT2D eigenvalue weighted by atomic mass is 9.83. The highest BCUT2D eigenvalue weighted by Gasteiger charge is 3.03. The van der Waals surface area contributed by atoms with E-state index < -0.39 is 216 Å². The molecule has 0 fully saturated rings. The van der Waals surface area contributed by atoms with Crippen LogP contribution in [-0.4, -0.2) is 179 Å². The summed E-state index contributed by atoms with van der Waals surface area (Å²) in [5.74, 6) is -235. The van der Waals surface area contributed by atoms with Crippen LogP contribution in [0.1, 0.15) is 47.4 Å². The zero-order valence-corrected chi connectivity index (χ0v) is 43.9. The Morgan fingerprint density at radius 2 is 0.357 bits per heavy atom. The van der Waals surface area contributed by atoms with E-state index in [0.29, 0.717) is 0 Å². The number of esters is 2. The van der Waals surface area contributed by atoms with Crippen molar-refractivity contribution >= 4 is 11.9 Å². The number of benzene rings is 1.